The Morgan fingerprint density at radius 3 is 2.65 bits per heavy atom. The van der Waals surface area contributed by atoms with Crippen molar-refractivity contribution in [2.75, 3.05) is 13.1 Å². The second-order valence-corrected chi connectivity index (χ2v) is 7.80. The Kier molecular flexibility index (Phi) is 6.31. The summed E-state index contributed by atoms with van der Waals surface area (Å²) < 4.78 is 0. The zero-order chi connectivity index (χ0) is 21.6. The van der Waals surface area contributed by atoms with E-state index in [1.54, 1.807) is 12.1 Å². The molecule has 160 valence electrons. The molecule has 4 rings (SSSR count). The minimum Gasteiger partial charge on any atom is -0.384 e. The SMILES string of the molecule is N=C(N)c1ccc(CNC(=O)C2CCC3=C(NCCc4ccccc4)N=CCN32)cc1. The molecule has 5 N–H and O–H groups in total. The van der Waals surface area contributed by atoms with Gasteiger partial charge in [-0.05, 0) is 30.4 Å². The molecule has 1 amide bonds. The van der Waals surface area contributed by atoms with E-state index >= 15 is 0 Å². The molecule has 7 heteroatoms. The van der Waals surface area contributed by atoms with Gasteiger partial charge in [-0.15, -0.1) is 0 Å². The molecule has 2 aromatic carbocycles. The molecule has 0 spiro atoms. The van der Waals surface area contributed by atoms with Gasteiger partial charge in [0.15, 0.2) is 0 Å². The molecule has 0 radical (unpaired) electrons. The Balaban J connectivity index is 1.32. The molecule has 1 fully saturated rings. The Labute approximate surface area is 182 Å². The van der Waals surface area contributed by atoms with Crippen molar-refractivity contribution in [2.24, 2.45) is 10.7 Å². The zero-order valence-corrected chi connectivity index (χ0v) is 17.5. The fourth-order valence-corrected chi connectivity index (χ4v) is 4.05. The first kappa shape index (κ1) is 20.7. The number of benzene rings is 2. The standard InChI is InChI=1S/C24H28N6O/c25-22(26)19-8-6-18(7-9-19)16-29-24(31)21-11-10-20-23(28-14-15-30(20)21)27-13-12-17-4-2-1-3-5-17/h1-9,14,21,27H,10-13,15-16H2,(H3,25,26)(H,29,31). The maximum atomic E-state index is 12.9. The van der Waals surface area contributed by atoms with Crippen molar-refractivity contribution in [1.29, 1.82) is 5.41 Å². The second-order valence-electron chi connectivity index (χ2n) is 7.80. The van der Waals surface area contributed by atoms with Crippen LogP contribution in [0.5, 0.6) is 0 Å². The average Bonchev–Trinajstić information content (AvgIpc) is 3.24. The zero-order valence-electron chi connectivity index (χ0n) is 17.5. The number of nitrogens with zero attached hydrogens (tertiary/aromatic N) is 2. The molecule has 2 heterocycles. The number of amidine groups is 1. The monoisotopic (exact) mass is 416 g/mol. The fraction of sp³-hybridized carbons (Fsp3) is 0.292. The van der Waals surface area contributed by atoms with Crippen molar-refractivity contribution in [2.45, 2.75) is 31.8 Å². The number of carbonyl (C=O) groups excluding carboxylic acids is 1. The van der Waals surface area contributed by atoms with Crippen LogP contribution in [0.15, 0.2) is 71.1 Å². The molecule has 0 saturated carbocycles. The summed E-state index contributed by atoms with van der Waals surface area (Å²) in [5.41, 5.74) is 9.57. The number of fused-ring (bicyclic) bond motifs is 1. The van der Waals surface area contributed by atoms with Crippen LogP contribution in [-0.2, 0) is 17.8 Å². The van der Waals surface area contributed by atoms with Gasteiger partial charge in [-0.1, -0.05) is 54.6 Å². The van der Waals surface area contributed by atoms with Crippen molar-refractivity contribution in [1.82, 2.24) is 15.5 Å². The summed E-state index contributed by atoms with van der Waals surface area (Å²) >= 11 is 0. The first-order chi connectivity index (χ1) is 15.1. The second kappa shape index (κ2) is 9.47. The van der Waals surface area contributed by atoms with Crippen LogP contribution in [0.25, 0.3) is 0 Å². The van der Waals surface area contributed by atoms with Crippen LogP contribution in [0.4, 0.5) is 0 Å². The summed E-state index contributed by atoms with van der Waals surface area (Å²) in [6.45, 7) is 1.92. The summed E-state index contributed by atoms with van der Waals surface area (Å²) in [5, 5.41) is 14.0. The van der Waals surface area contributed by atoms with Crippen molar-refractivity contribution in [3.8, 4) is 0 Å². The Morgan fingerprint density at radius 2 is 1.90 bits per heavy atom. The highest BCUT2D eigenvalue weighted by Gasteiger charge is 2.36. The number of hydrogen-bond acceptors (Lipinski definition) is 5. The number of carbonyl (C=O) groups is 1. The van der Waals surface area contributed by atoms with Crippen LogP contribution in [0.3, 0.4) is 0 Å². The first-order valence-electron chi connectivity index (χ1n) is 10.6. The van der Waals surface area contributed by atoms with Crippen LogP contribution in [-0.4, -0.2) is 42.0 Å². The Bertz CT molecular complexity index is 996. The number of rotatable bonds is 8. The van der Waals surface area contributed by atoms with E-state index in [-0.39, 0.29) is 17.8 Å². The summed E-state index contributed by atoms with van der Waals surface area (Å²) in [7, 11) is 0. The van der Waals surface area contributed by atoms with Crippen molar-refractivity contribution >= 4 is 18.0 Å². The molecule has 2 aliphatic rings. The number of aliphatic imine (C=N–C) groups is 1. The minimum atomic E-state index is -0.177. The molecule has 7 nitrogen and oxygen atoms in total. The maximum Gasteiger partial charge on any atom is 0.242 e. The van der Waals surface area contributed by atoms with E-state index in [1.807, 2.05) is 24.4 Å². The molecule has 0 bridgehead atoms. The van der Waals surface area contributed by atoms with E-state index in [2.05, 4.69) is 44.8 Å². The van der Waals surface area contributed by atoms with Gasteiger partial charge < -0.3 is 21.3 Å². The van der Waals surface area contributed by atoms with E-state index in [9.17, 15) is 4.79 Å². The van der Waals surface area contributed by atoms with Gasteiger partial charge in [-0.3, -0.25) is 10.2 Å². The molecule has 31 heavy (non-hydrogen) atoms. The maximum absolute atomic E-state index is 12.9. The topological polar surface area (TPSA) is 107 Å². The van der Waals surface area contributed by atoms with Crippen molar-refractivity contribution in [3.63, 3.8) is 0 Å². The molecule has 1 unspecified atom stereocenters. The molecule has 0 aromatic heterocycles. The van der Waals surface area contributed by atoms with E-state index in [0.717, 1.165) is 42.9 Å². The quantitative estimate of drug-likeness (QED) is 0.391. The molecular weight excluding hydrogens is 388 g/mol. The lowest BCUT2D eigenvalue weighted by molar-refractivity contribution is -0.125. The van der Waals surface area contributed by atoms with Gasteiger partial charge in [-0.2, -0.15) is 0 Å². The van der Waals surface area contributed by atoms with Crippen molar-refractivity contribution < 1.29 is 4.79 Å². The van der Waals surface area contributed by atoms with Gasteiger partial charge in [-0.25, -0.2) is 4.99 Å². The average molecular weight is 417 g/mol. The van der Waals surface area contributed by atoms with Gasteiger partial charge in [0.05, 0.1) is 12.2 Å². The first-order valence-corrected chi connectivity index (χ1v) is 10.6. The summed E-state index contributed by atoms with van der Waals surface area (Å²) in [4.78, 5) is 19.6. The number of nitrogen functional groups attached to an aromatic ring is 1. The van der Waals surface area contributed by atoms with E-state index < -0.39 is 0 Å². The smallest absolute Gasteiger partial charge is 0.242 e. The number of hydrogen-bond donors (Lipinski definition) is 4. The predicted molar refractivity (Wildman–Crippen MR) is 123 cm³/mol. The lowest BCUT2D eigenvalue weighted by Gasteiger charge is -2.29. The van der Waals surface area contributed by atoms with Gasteiger partial charge in [0.25, 0.3) is 0 Å². The highest BCUT2D eigenvalue weighted by Crippen LogP contribution is 2.31. The van der Waals surface area contributed by atoms with E-state index in [0.29, 0.717) is 18.7 Å². The van der Waals surface area contributed by atoms with Crippen molar-refractivity contribution in [3.05, 3.63) is 82.8 Å². The number of amides is 1. The van der Waals surface area contributed by atoms with Gasteiger partial charge >= 0.3 is 0 Å². The lowest BCUT2D eigenvalue weighted by atomic mass is 10.1. The van der Waals surface area contributed by atoms with Gasteiger partial charge in [0.2, 0.25) is 5.91 Å². The highest BCUT2D eigenvalue weighted by molar-refractivity contribution is 5.94. The summed E-state index contributed by atoms with van der Waals surface area (Å²) in [6, 6.07) is 17.6. The van der Waals surface area contributed by atoms with Gasteiger partial charge in [0.1, 0.15) is 17.7 Å². The van der Waals surface area contributed by atoms with Crippen LogP contribution < -0.4 is 16.4 Å². The molecule has 2 aromatic rings. The Morgan fingerprint density at radius 1 is 1.13 bits per heavy atom. The third-order valence-corrected chi connectivity index (χ3v) is 5.73. The molecule has 1 atom stereocenters. The molecular formula is C24H28N6O. The highest BCUT2D eigenvalue weighted by atomic mass is 16.2. The van der Waals surface area contributed by atoms with E-state index in [1.165, 1.54) is 5.56 Å². The summed E-state index contributed by atoms with van der Waals surface area (Å²) in [5.74, 6) is 0.961. The number of allylic oxidation sites excluding steroid dienone is 1. The molecule has 1 saturated heterocycles. The van der Waals surface area contributed by atoms with Crippen LogP contribution in [0.1, 0.15) is 29.5 Å². The summed E-state index contributed by atoms with van der Waals surface area (Å²) in [6.07, 6.45) is 4.44. The third kappa shape index (κ3) is 4.94. The Hall–Kier alpha value is -3.61. The van der Waals surface area contributed by atoms with Crippen LogP contribution in [0.2, 0.25) is 0 Å². The van der Waals surface area contributed by atoms with E-state index in [4.69, 9.17) is 11.1 Å². The minimum absolute atomic E-state index is 0.0320. The third-order valence-electron chi connectivity index (χ3n) is 5.73. The van der Waals surface area contributed by atoms with Gasteiger partial charge in [0, 0.05) is 24.9 Å². The largest absolute Gasteiger partial charge is 0.384 e. The molecule has 2 aliphatic heterocycles. The van der Waals surface area contributed by atoms with Crippen LogP contribution >= 0.6 is 0 Å². The normalized spacial score (nSPS) is 17.4. The molecule has 0 aliphatic carbocycles. The number of nitrogens with one attached hydrogen (secondary N) is 3. The lowest BCUT2D eigenvalue weighted by Crippen LogP contribution is -2.44. The predicted octanol–water partition coefficient (Wildman–Crippen LogP) is 2.14. The number of nitrogens with two attached hydrogens (primary N) is 1. The fourth-order valence-electron chi connectivity index (χ4n) is 4.05. The van der Waals surface area contributed by atoms with Crippen LogP contribution in [0, 0.1) is 5.41 Å².